The lowest BCUT2D eigenvalue weighted by molar-refractivity contribution is 0.0502. The van der Waals surface area contributed by atoms with Gasteiger partial charge in [-0.2, -0.15) is 0 Å². The molecule has 3 nitrogen and oxygen atoms in total. The summed E-state index contributed by atoms with van der Waals surface area (Å²) in [5.74, 6) is 4.38. The molecule has 0 amide bonds. The van der Waals surface area contributed by atoms with Crippen LogP contribution in [-0.4, -0.2) is 41.4 Å². The number of hydrogen-bond acceptors (Lipinski definition) is 7. The average molecular weight is 418 g/mol. The van der Waals surface area contributed by atoms with Crippen molar-refractivity contribution in [2.75, 3.05) is 18.8 Å². The first-order valence-corrected chi connectivity index (χ1v) is 13.9. The van der Waals surface area contributed by atoms with Crippen LogP contribution in [0, 0.1) is 0 Å². The Morgan fingerprint density at radius 2 is 1.92 bits per heavy atom. The third kappa shape index (κ3) is 5.20. The number of hydrogen-bond donors (Lipinski definition) is 2. The molecule has 7 heteroatoms. The molecule has 3 heterocycles. The predicted molar refractivity (Wildman–Crippen MR) is 116 cm³/mol. The van der Waals surface area contributed by atoms with Crippen LogP contribution in [-0.2, 0) is 17.9 Å². The summed E-state index contributed by atoms with van der Waals surface area (Å²) in [6.07, 6.45) is 1.55. The molecule has 140 valence electrons. The van der Waals surface area contributed by atoms with Crippen LogP contribution in [0.15, 0.2) is 12.1 Å². The Morgan fingerprint density at radius 1 is 1.16 bits per heavy atom. The smallest absolute Gasteiger partial charge is 0.130 e. The van der Waals surface area contributed by atoms with Gasteiger partial charge in [0.25, 0.3) is 0 Å². The zero-order valence-electron chi connectivity index (χ0n) is 14.8. The number of benzene rings is 1. The summed E-state index contributed by atoms with van der Waals surface area (Å²) in [6, 6.07) is 4.49. The first-order chi connectivity index (χ1) is 12.3. The molecule has 2 N–H and O–H groups in total. The molecular formula is C18H27NO2S4. The number of rotatable bonds is 5. The van der Waals surface area contributed by atoms with E-state index in [2.05, 4.69) is 17.4 Å². The van der Waals surface area contributed by atoms with E-state index in [1.165, 1.54) is 28.9 Å². The lowest BCUT2D eigenvalue weighted by Crippen LogP contribution is -2.40. The molecule has 3 aliphatic rings. The fourth-order valence-corrected chi connectivity index (χ4v) is 8.22. The zero-order chi connectivity index (χ0) is 17.6. The van der Waals surface area contributed by atoms with Gasteiger partial charge < -0.3 is 15.2 Å². The van der Waals surface area contributed by atoms with Gasteiger partial charge in [-0.05, 0) is 29.2 Å². The van der Waals surface area contributed by atoms with Gasteiger partial charge in [0.2, 0.25) is 0 Å². The van der Waals surface area contributed by atoms with Gasteiger partial charge >= 0.3 is 0 Å². The molecule has 3 unspecified atom stereocenters. The van der Waals surface area contributed by atoms with Gasteiger partial charge in [0.15, 0.2) is 0 Å². The van der Waals surface area contributed by atoms with E-state index in [1.807, 2.05) is 57.0 Å². The normalized spacial score (nSPS) is 25.4. The van der Waals surface area contributed by atoms with Gasteiger partial charge in [0.1, 0.15) is 18.0 Å². The highest BCUT2D eigenvalue weighted by Crippen LogP contribution is 2.42. The van der Waals surface area contributed by atoms with Crippen LogP contribution in [0.1, 0.15) is 37.0 Å². The molecule has 0 bridgehead atoms. The Bertz CT molecular complexity index is 531. The largest absolute Gasteiger partial charge is 0.487 e. The fraction of sp³-hybridized carbons (Fsp3) is 0.667. The predicted octanol–water partition coefficient (Wildman–Crippen LogP) is 4.52. The highest BCUT2D eigenvalue weighted by atomic mass is 33.1. The van der Waals surface area contributed by atoms with Crippen molar-refractivity contribution in [2.24, 2.45) is 0 Å². The van der Waals surface area contributed by atoms with Crippen molar-refractivity contribution in [2.45, 2.75) is 55.7 Å². The van der Waals surface area contributed by atoms with Crippen LogP contribution < -0.4 is 10.1 Å². The van der Waals surface area contributed by atoms with E-state index in [4.69, 9.17) is 4.74 Å². The van der Waals surface area contributed by atoms with E-state index >= 15 is 0 Å². The van der Waals surface area contributed by atoms with Gasteiger partial charge in [0.05, 0.1) is 0 Å². The number of ether oxygens (including phenoxy) is 1. The first-order valence-electron chi connectivity index (χ1n) is 9.02. The monoisotopic (exact) mass is 417 g/mol. The summed E-state index contributed by atoms with van der Waals surface area (Å²) < 4.78 is 6.04. The Balaban J connectivity index is 0.000000880. The van der Waals surface area contributed by atoms with Crippen LogP contribution in [0.2, 0.25) is 0 Å². The van der Waals surface area contributed by atoms with Crippen molar-refractivity contribution in [1.29, 1.82) is 0 Å². The molecule has 0 saturated carbocycles. The van der Waals surface area contributed by atoms with Gasteiger partial charge in [0, 0.05) is 42.0 Å². The van der Waals surface area contributed by atoms with Crippen LogP contribution in [0.4, 0.5) is 0 Å². The van der Waals surface area contributed by atoms with E-state index < -0.39 is 6.10 Å². The summed E-state index contributed by atoms with van der Waals surface area (Å²) in [5.41, 5.74) is 4.11. The van der Waals surface area contributed by atoms with E-state index in [0.717, 1.165) is 30.2 Å². The average Bonchev–Trinajstić information content (AvgIpc) is 3.30. The molecule has 0 aromatic heterocycles. The minimum absolute atomic E-state index is 0.104. The van der Waals surface area contributed by atoms with Crippen molar-refractivity contribution in [3.05, 3.63) is 28.8 Å². The SMILES string of the molecule is CC.OC(CNCC1CCSS1)C1Cc2cc3c(cc2O1)CSSC3. The Kier molecular flexibility index (Phi) is 8.07. The number of aliphatic hydroxyl groups excluding tert-OH is 1. The summed E-state index contributed by atoms with van der Waals surface area (Å²) in [6.45, 7) is 5.60. The summed E-state index contributed by atoms with van der Waals surface area (Å²) >= 11 is 0. The molecule has 3 aliphatic heterocycles. The molecule has 0 spiro atoms. The molecule has 1 fully saturated rings. The Morgan fingerprint density at radius 3 is 2.64 bits per heavy atom. The van der Waals surface area contributed by atoms with Crippen LogP contribution in [0.3, 0.4) is 0 Å². The lowest BCUT2D eigenvalue weighted by Gasteiger charge is -2.19. The van der Waals surface area contributed by atoms with E-state index in [9.17, 15) is 5.11 Å². The minimum atomic E-state index is -0.442. The topological polar surface area (TPSA) is 41.5 Å². The van der Waals surface area contributed by atoms with E-state index in [-0.39, 0.29) is 6.10 Å². The minimum Gasteiger partial charge on any atom is -0.487 e. The van der Waals surface area contributed by atoms with E-state index in [1.54, 1.807) is 0 Å². The van der Waals surface area contributed by atoms with Crippen LogP contribution in [0.25, 0.3) is 0 Å². The van der Waals surface area contributed by atoms with Gasteiger partial charge in [-0.1, -0.05) is 63.1 Å². The van der Waals surface area contributed by atoms with Crippen molar-refractivity contribution < 1.29 is 9.84 Å². The second kappa shape index (κ2) is 10.0. The molecule has 1 aromatic carbocycles. The number of fused-ring (bicyclic) bond motifs is 2. The summed E-state index contributed by atoms with van der Waals surface area (Å²) in [4.78, 5) is 0. The van der Waals surface area contributed by atoms with Crippen molar-refractivity contribution in [3.63, 3.8) is 0 Å². The molecule has 4 rings (SSSR count). The highest BCUT2D eigenvalue weighted by Gasteiger charge is 2.30. The molecular weight excluding hydrogens is 390 g/mol. The molecule has 3 atom stereocenters. The maximum Gasteiger partial charge on any atom is 0.130 e. The maximum absolute atomic E-state index is 10.5. The molecule has 0 radical (unpaired) electrons. The van der Waals surface area contributed by atoms with Crippen LogP contribution in [0.5, 0.6) is 5.75 Å². The zero-order valence-corrected chi connectivity index (χ0v) is 18.1. The lowest BCUT2D eigenvalue weighted by atomic mass is 10.0. The van der Waals surface area contributed by atoms with E-state index in [0.29, 0.717) is 11.8 Å². The van der Waals surface area contributed by atoms with Crippen molar-refractivity contribution in [1.82, 2.24) is 5.32 Å². The van der Waals surface area contributed by atoms with Gasteiger partial charge in [-0.3, -0.25) is 0 Å². The summed E-state index contributed by atoms with van der Waals surface area (Å²) in [7, 11) is 7.76. The maximum atomic E-state index is 10.5. The van der Waals surface area contributed by atoms with Gasteiger partial charge in [-0.15, -0.1) is 0 Å². The Labute approximate surface area is 167 Å². The number of nitrogens with one attached hydrogen (secondary N) is 1. The molecule has 0 aliphatic carbocycles. The standard InChI is InChI=1S/C16H21NO2S4.C2H6/c18-14(7-17-6-13-1-2-20-23-13)16-4-10-3-11-8-21-22-9-12(11)5-15(10)19-16;1-2/h3,5,13-14,16-18H,1-2,4,6-9H2;1-2H3. The van der Waals surface area contributed by atoms with Crippen molar-refractivity contribution >= 4 is 43.2 Å². The van der Waals surface area contributed by atoms with Crippen molar-refractivity contribution in [3.8, 4) is 5.75 Å². The second-order valence-corrected chi connectivity index (χ2v) is 11.4. The fourth-order valence-electron chi connectivity index (χ4n) is 3.13. The third-order valence-corrected chi connectivity index (χ3v) is 9.65. The molecule has 1 aromatic rings. The quantitative estimate of drug-likeness (QED) is 0.683. The molecule has 1 saturated heterocycles. The second-order valence-electron chi connectivity index (χ2n) is 6.17. The Hall–Kier alpha value is 0.340. The number of aliphatic hydroxyl groups is 1. The van der Waals surface area contributed by atoms with Gasteiger partial charge in [-0.25, -0.2) is 0 Å². The highest BCUT2D eigenvalue weighted by molar-refractivity contribution is 8.77. The molecule has 25 heavy (non-hydrogen) atoms. The first kappa shape index (κ1) is 20.1. The van der Waals surface area contributed by atoms with Crippen LogP contribution >= 0.6 is 43.2 Å². The third-order valence-electron chi connectivity index (χ3n) is 4.48. The summed E-state index contributed by atoms with van der Waals surface area (Å²) in [5, 5.41) is 14.6.